The van der Waals surface area contributed by atoms with Crippen molar-refractivity contribution >= 4 is 15.9 Å². The monoisotopic (exact) mass is 288 g/mol. The Hall–Kier alpha value is 0.480. The third-order valence-electron chi connectivity index (χ3n) is 4.32. The standard InChI is InChI=1S/C15H29Br/c1-5-12-8-6-7-9-13(12)10-11-14(16)15(2,3)4/h12-14H,5-11H2,1-4H3. The van der Waals surface area contributed by atoms with Crippen LogP contribution in [0.25, 0.3) is 0 Å². The van der Waals surface area contributed by atoms with Crippen LogP contribution in [0, 0.1) is 17.3 Å². The second kappa shape index (κ2) is 6.42. The average molecular weight is 289 g/mol. The fourth-order valence-corrected chi connectivity index (χ4v) is 3.26. The van der Waals surface area contributed by atoms with Crippen LogP contribution in [0.1, 0.15) is 72.6 Å². The normalized spacial score (nSPS) is 29.1. The quantitative estimate of drug-likeness (QED) is 0.574. The van der Waals surface area contributed by atoms with Gasteiger partial charge in [0.25, 0.3) is 0 Å². The zero-order chi connectivity index (χ0) is 12.2. The smallest absolute Gasteiger partial charge is 0.0194 e. The van der Waals surface area contributed by atoms with Gasteiger partial charge in [-0.3, -0.25) is 0 Å². The van der Waals surface area contributed by atoms with E-state index in [1.165, 1.54) is 44.9 Å². The maximum absolute atomic E-state index is 3.87. The topological polar surface area (TPSA) is 0 Å². The van der Waals surface area contributed by atoms with Gasteiger partial charge in [0.2, 0.25) is 0 Å². The Morgan fingerprint density at radius 1 is 1.12 bits per heavy atom. The highest BCUT2D eigenvalue weighted by molar-refractivity contribution is 9.09. The molecule has 0 aromatic carbocycles. The van der Waals surface area contributed by atoms with Gasteiger partial charge in [0.05, 0.1) is 0 Å². The number of hydrogen-bond donors (Lipinski definition) is 0. The van der Waals surface area contributed by atoms with Crippen molar-refractivity contribution in [1.82, 2.24) is 0 Å². The first-order chi connectivity index (χ1) is 7.45. The molecule has 0 nitrogen and oxygen atoms in total. The minimum Gasteiger partial charge on any atom is -0.0885 e. The maximum Gasteiger partial charge on any atom is 0.0194 e. The molecule has 1 aliphatic carbocycles. The minimum absolute atomic E-state index is 0.413. The van der Waals surface area contributed by atoms with Gasteiger partial charge in [-0.15, -0.1) is 0 Å². The van der Waals surface area contributed by atoms with Crippen LogP contribution in [0.3, 0.4) is 0 Å². The lowest BCUT2D eigenvalue weighted by atomic mass is 9.74. The molecule has 0 heterocycles. The fraction of sp³-hybridized carbons (Fsp3) is 1.00. The van der Waals surface area contributed by atoms with Gasteiger partial charge in [-0.1, -0.05) is 75.7 Å². The molecular formula is C15H29Br. The van der Waals surface area contributed by atoms with Crippen molar-refractivity contribution in [2.75, 3.05) is 0 Å². The second-order valence-corrected chi connectivity index (χ2v) is 7.73. The molecule has 0 spiro atoms. The number of hydrogen-bond acceptors (Lipinski definition) is 0. The Labute approximate surface area is 111 Å². The minimum atomic E-state index is 0.413. The van der Waals surface area contributed by atoms with Gasteiger partial charge in [0.1, 0.15) is 0 Å². The van der Waals surface area contributed by atoms with Gasteiger partial charge in [0, 0.05) is 4.83 Å². The number of alkyl halides is 1. The lowest BCUT2D eigenvalue weighted by Gasteiger charge is -2.33. The summed E-state index contributed by atoms with van der Waals surface area (Å²) in [6, 6.07) is 0. The predicted molar refractivity (Wildman–Crippen MR) is 77.1 cm³/mol. The summed E-state index contributed by atoms with van der Waals surface area (Å²) in [6.07, 6.45) is 10.1. The molecule has 0 N–H and O–H groups in total. The predicted octanol–water partition coefficient (Wildman–Crippen LogP) is 5.79. The molecule has 1 fully saturated rings. The van der Waals surface area contributed by atoms with Gasteiger partial charge in [0.15, 0.2) is 0 Å². The number of halogens is 1. The Morgan fingerprint density at radius 2 is 1.69 bits per heavy atom. The summed E-state index contributed by atoms with van der Waals surface area (Å²) in [4.78, 5) is 0.680. The van der Waals surface area contributed by atoms with Crippen molar-refractivity contribution in [3.8, 4) is 0 Å². The lowest BCUT2D eigenvalue weighted by molar-refractivity contribution is 0.207. The Balaban J connectivity index is 2.35. The van der Waals surface area contributed by atoms with E-state index in [1.54, 1.807) is 0 Å². The van der Waals surface area contributed by atoms with Gasteiger partial charge >= 0.3 is 0 Å². The Kier molecular flexibility index (Phi) is 5.84. The van der Waals surface area contributed by atoms with Crippen molar-refractivity contribution in [1.29, 1.82) is 0 Å². The van der Waals surface area contributed by atoms with E-state index in [9.17, 15) is 0 Å². The van der Waals surface area contributed by atoms with Crippen LogP contribution in [0.2, 0.25) is 0 Å². The van der Waals surface area contributed by atoms with E-state index >= 15 is 0 Å². The molecule has 0 aromatic heterocycles. The van der Waals surface area contributed by atoms with Crippen LogP contribution in [-0.4, -0.2) is 4.83 Å². The summed E-state index contributed by atoms with van der Waals surface area (Å²) in [5.41, 5.74) is 0.413. The van der Waals surface area contributed by atoms with Gasteiger partial charge in [-0.25, -0.2) is 0 Å². The number of rotatable bonds is 4. The van der Waals surface area contributed by atoms with Crippen LogP contribution in [0.15, 0.2) is 0 Å². The highest BCUT2D eigenvalue weighted by Gasteiger charge is 2.27. The summed E-state index contributed by atoms with van der Waals surface area (Å²) < 4.78 is 0. The zero-order valence-corrected chi connectivity index (χ0v) is 13.1. The summed E-state index contributed by atoms with van der Waals surface area (Å²) in [5.74, 6) is 2.04. The highest BCUT2D eigenvalue weighted by atomic mass is 79.9. The van der Waals surface area contributed by atoms with Crippen LogP contribution >= 0.6 is 15.9 Å². The molecule has 3 atom stereocenters. The third kappa shape index (κ3) is 4.39. The van der Waals surface area contributed by atoms with Crippen molar-refractivity contribution in [3.63, 3.8) is 0 Å². The molecule has 3 unspecified atom stereocenters. The summed E-state index contributed by atoms with van der Waals surface area (Å²) in [5, 5.41) is 0. The molecule has 1 rings (SSSR count). The van der Waals surface area contributed by atoms with Crippen molar-refractivity contribution < 1.29 is 0 Å². The van der Waals surface area contributed by atoms with E-state index in [0.29, 0.717) is 10.2 Å². The Bertz CT molecular complexity index is 192. The second-order valence-electron chi connectivity index (χ2n) is 6.62. The summed E-state index contributed by atoms with van der Waals surface area (Å²) in [7, 11) is 0. The van der Waals surface area contributed by atoms with Crippen molar-refractivity contribution in [2.45, 2.75) is 77.5 Å². The molecule has 0 radical (unpaired) electrons. The van der Waals surface area contributed by atoms with Crippen molar-refractivity contribution in [2.24, 2.45) is 17.3 Å². The van der Waals surface area contributed by atoms with Gasteiger partial charge in [-0.2, -0.15) is 0 Å². The van der Waals surface area contributed by atoms with Crippen LogP contribution < -0.4 is 0 Å². The molecule has 1 aliphatic rings. The molecule has 1 heteroatoms. The van der Waals surface area contributed by atoms with Crippen molar-refractivity contribution in [3.05, 3.63) is 0 Å². The third-order valence-corrected chi connectivity index (χ3v) is 6.15. The van der Waals surface area contributed by atoms with E-state index in [4.69, 9.17) is 0 Å². The van der Waals surface area contributed by atoms with E-state index in [-0.39, 0.29) is 0 Å². The largest absolute Gasteiger partial charge is 0.0885 e. The molecule has 0 aliphatic heterocycles. The average Bonchev–Trinajstić information content (AvgIpc) is 2.24. The SMILES string of the molecule is CCC1CCCCC1CCC(Br)C(C)(C)C. The molecular weight excluding hydrogens is 260 g/mol. The van der Waals surface area contributed by atoms with E-state index in [0.717, 1.165) is 11.8 Å². The molecule has 16 heavy (non-hydrogen) atoms. The molecule has 0 amide bonds. The zero-order valence-electron chi connectivity index (χ0n) is 11.6. The Morgan fingerprint density at radius 3 is 2.19 bits per heavy atom. The highest BCUT2D eigenvalue weighted by Crippen LogP contribution is 2.38. The molecule has 0 saturated heterocycles. The van der Waals surface area contributed by atoms with E-state index in [1.807, 2.05) is 0 Å². The lowest BCUT2D eigenvalue weighted by Crippen LogP contribution is -2.24. The van der Waals surface area contributed by atoms with Gasteiger partial charge < -0.3 is 0 Å². The first kappa shape index (κ1) is 14.5. The van der Waals surface area contributed by atoms with Gasteiger partial charge in [-0.05, 0) is 30.1 Å². The van der Waals surface area contributed by atoms with E-state index in [2.05, 4.69) is 43.6 Å². The molecule has 0 bridgehead atoms. The first-order valence-corrected chi connectivity index (χ1v) is 8.00. The molecule has 1 saturated carbocycles. The molecule has 0 aromatic rings. The van der Waals surface area contributed by atoms with E-state index < -0.39 is 0 Å². The summed E-state index contributed by atoms with van der Waals surface area (Å²) in [6.45, 7) is 9.39. The molecule has 96 valence electrons. The van der Waals surface area contributed by atoms with Crippen LogP contribution in [-0.2, 0) is 0 Å². The van der Waals surface area contributed by atoms with Crippen LogP contribution in [0.4, 0.5) is 0 Å². The first-order valence-electron chi connectivity index (χ1n) is 7.09. The maximum atomic E-state index is 3.87. The van der Waals surface area contributed by atoms with Crippen LogP contribution in [0.5, 0.6) is 0 Å². The summed E-state index contributed by atoms with van der Waals surface area (Å²) >= 11 is 3.87. The fourth-order valence-electron chi connectivity index (χ4n) is 3.00.